The summed E-state index contributed by atoms with van der Waals surface area (Å²) in [6.07, 6.45) is 1.41. The summed E-state index contributed by atoms with van der Waals surface area (Å²) in [7, 11) is 0. The second kappa shape index (κ2) is 4.82. The molecule has 0 fully saturated rings. The molecule has 0 aliphatic carbocycles. The van der Waals surface area contributed by atoms with Crippen LogP contribution in [0.5, 0.6) is 0 Å². The maximum Gasteiger partial charge on any atom is 0.277 e. The van der Waals surface area contributed by atoms with Gasteiger partial charge in [0.05, 0.1) is 16.1 Å². The minimum Gasteiger partial charge on any atom is -0.258 e. The molecule has 0 N–H and O–H groups in total. The van der Waals surface area contributed by atoms with Crippen molar-refractivity contribution in [3.05, 3.63) is 57.4 Å². The molecule has 0 aliphatic rings. The summed E-state index contributed by atoms with van der Waals surface area (Å²) in [5.74, 6) is 0. The van der Waals surface area contributed by atoms with Gasteiger partial charge in [-0.15, -0.1) is 0 Å². The predicted octanol–water partition coefficient (Wildman–Crippen LogP) is 3.18. The second-order valence-electron chi connectivity index (χ2n) is 3.41. The monoisotopic (exact) mass is 259 g/mol. The van der Waals surface area contributed by atoms with Crippen LogP contribution in [-0.4, -0.2) is 9.91 Å². The fourth-order valence-electron chi connectivity index (χ4n) is 1.63. The topological polar surface area (TPSA) is 79.8 Å². The number of benzene rings is 1. The number of nitro benzene ring substituents is 1. The third-order valence-electron chi connectivity index (χ3n) is 2.41. The number of aromatic nitrogens is 1. The van der Waals surface area contributed by atoms with E-state index in [0.29, 0.717) is 11.1 Å². The molecule has 88 valence electrons. The molecule has 6 heteroatoms. The average Bonchev–Trinajstić information content (AvgIpc) is 2.38. The normalized spacial score (nSPS) is 9.78. The van der Waals surface area contributed by atoms with Crippen LogP contribution in [0, 0.1) is 21.4 Å². The van der Waals surface area contributed by atoms with E-state index in [9.17, 15) is 10.1 Å². The maximum absolute atomic E-state index is 11.0. The number of hydrogen-bond acceptors (Lipinski definition) is 4. The first-order chi connectivity index (χ1) is 8.65. The van der Waals surface area contributed by atoms with Gasteiger partial charge in [0.1, 0.15) is 11.2 Å². The van der Waals surface area contributed by atoms with Crippen LogP contribution in [0.25, 0.3) is 11.1 Å². The van der Waals surface area contributed by atoms with Gasteiger partial charge in [-0.2, -0.15) is 5.26 Å². The van der Waals surface area contributed by atoms with Crippen LogP contribution in [-0.2, 0) is 0 Å². The second-order valence-corrected chi connectivity index (χ2v) is 3.77. The highest BCUT2D eigenvalue weighted by Crippen LogP contribution is 2.33. The lowest BCUT2D eigenvalue weighted by atomic mass is 10.0. The van der Waals surface area contributed by atoms with Gasteiger partial charge in [0.25, 0.3) is 5.69 Å². The molecular formula is C12H6ClN3O2. The van der Waals surface area contributed by atoms with Crippen molar-refractivity contribution in [3.8, 4) is 17.2 Å². The van der Waals surface area contributed by atoms with E-state index in [-0.39, 0.29) is 16.4 Å². The van der Waals surface area contributed by atoms with Crippen molar-refractivity contribution in [2.75, 3.05) is 0 Å². The standard InChI is InChI=1S/C12H6ClN3O2/c13-12-10(7-14)8(5-6-15-12)9-3-1-2-4-11(9)16(17)18/h1-6H. The minimum atomic E-state index is -0.495. The van der Waals surface area contributed by atoms with E-state index >= 15 is 0 Å². The van der Waals surface area contributed by atoms with Gasteiger partial charge >= 0.3 is 0 Å². The van der Waals surface area contributed by atoms with Crippen molar-refractivity contribution in [1.29, 1.82) is 5.26 Å². The molecule has 0 saturated carbocycles. The lowest BCUT2D eigenvalue weighted by Gasteiger charge is -2.05. The number of hydrogen-bond donors (Lipinski definition) is 0. The number of para-hydroxylation sites is 1. The zero-order chi connectivity index (χ0) is 13.1. The quantitative estimate of drug-likeness (QED) is 0.471. The van der Waals surface area contributed by atoms with Crippen LogP contribution in [0.15, 0.2) is 36.5 Å². The lowest BCUT2D eigenvalue weighted by Crippen LogP contribution is -1.94. The van der Waals surface area contributed by atoms with Crippen molar-refractivity contribution in [2.45, 2.75) is 0 Å². The molecule has 1 heterocycles. The third kappa shape index (κ3) is 2.01. The van der Waals surface area contributed by atoms with Crippen molar-refractivity contribution in [2.24, 2.45) is 0 Å². The summed E-state index contributed by atoms with van der Waals surface area (Å²) >= 11 is 5.81. The van der Waals surface area contributed by atoms with Crippen molar-refractivity contribution >= 4 is 17.3 Å². The fourth-order valence-corrected chi connectivity index (χ4v) is 1.83. The van der Waals surface area contributed by atoms with Crippen LogP contribution < -0.4 is 0 Å². The summed E-state index contributed by atoms with van der Waals surface area (Å²) in [6.45, 7) is 0. The zero-order valence-electron chi connectivity index (χ0n) is 9.00. The van der Waals surface area contributed by atoms with Crippen molar-refractivity contribution < 1.29 is 4.92 Å². The van der Waals surface area contributed by atoms with Gasteiger partial charge in [0.2, 0.25) is 0 Å². The fraction of sp³-hybridized carbons (Fsp3) is 0. The van der Waals surface area contributed by atoms with E-state index in [2.05, 4.69) is 4.98 Å². The first-order valence-electron chi connectivity index (χ1n) is 4.93. The highest BCUT2D eigenvalue weighted by molar-refractivity contribution is 6.31. The molecule has 5 nitrogen and oxygen atoms in total. The van der Waals surface area contributed by atoms with Gasteiger partial charge in [0.15, 0.2) is 0 Å². The molecule has 0 aliphatic heterocycles. The smallest absolute Gasteiger partial charge is 0.258 e. The van der Waals surface area contributed by atoms with Crippen LogP contribution in [0.2, 0.25) is 5.15 Å². The summed E-state index contributed by atoms with van der Waals surface area (Å²) in [4.78, 5) is 14.2. The number of nitrogens with zero attached hydrogens (tertiary/aromatic N) is 3. The van der Waals surface area contributed by atoms with Crippen LogP contribution in [0.4, 0.5) is 5.69 Å². The van der Waals surface area contributed by atoms with Gasteiger partial charge in [-0.1, -0.05) is 23.7 Å². The van der Waals surface area contributed by atoms with Gasteiger partial charge in [-0.3, -0.25) is 10.1 Å². The van der Waals surface area contributed by atoms with E-state index in [0.717, 1.165) is 0 Å². The van der Waals surface area contributed by atoms with Gasteiger partial charge in [-0.05, 0) is 12.1 Å². The molecule has 0 unspecified atom stereocenters. The van der Waals surface area contributed by atoms with Gasteiger partial charge in [0, 0.05) is 17.8 Å². The molecule has 2 aromatic rings. The summed E-state index contributed by atoms with van der Waals surface area (Å²) in [5, 5.41) is 20.0. The van der Waals surface area contributed by atoms with Crippen LogP contribution >= 0.6 is 11.6 Å². The zero-order valence-corrected chi connectivity index (χ0v) is 9.76. The number of halogens is 1. The highest BCUT2D eigenvalue weighted by Gasteiger charge is 2.18. The summed E-state index contributed by atoms with van der Waals surface area (Å²) < 4.78 is 0. The number of nitriles is 1. The Morgan fingerprint density at radius 3 is 2.67 bits per heavy atom. The minimum absolute atomic E-state index is 0.0353. The van der Waals surface area contributed by atoms with Crippen molar-refractivity contribution in [3.63, 3.8) is 0 Å². The first kappa shape index (κ1) is 12.0. The Bertz CT molecular complexity index is 665. The van der Waals surface area contributed by atoms with E-state index in [1.165, 1.54) is 18.3 Å². The molecule has 0 amide bonds. The van der Waals surface area contributed by atoms with Crippen LogP contribution in [0.1, 0.15) is 5.56 Å². The van der Waals surface area contributed by atoms with Crippen molar-refractivity contribution in [1.82, 2.24) is 4.98 Å². The van der Waals surface area contributed by atoms with E-state index in [1.54, 1.807) is 18.2 Å². The molecule has 1 aromatic carbocycles. The molecule has 2 rings (SSSR count). The Balaban J connectivity index is 2.75. The van der Waals surface area contributed by atoms with Crippen LogP contribution in [0.3, 0.4) is 0 Å². The molecule has 0 atom stereocenters. The Morgan fingerprint density at radius 1 is 1.28 bits per heavy atom. The maximum atomic E-state index is 11.0. The van der Waals surface area contributed by atoms with Gasteiger partial charge in [-0.25, -0.2) is 4.98 Å². The molecule has 1 aromatic heterocycles. The average molecular weight is 260 g/mol. The Hall–Kier alpha value is -2.45. The molecule has 0 bridgehead atoms. The summed E-state index contributed by atoms with van der Waals surface area (Å²) in [5.41, 5.74) is 0.817. The van der Waals surface area contributed by atoms with Gasteiger partial charge < -0.3 is 0 Å². The first-order valence-corrected chi connectivity index (χ1v) is 5.31. The van der Waals surface area contributed by atoms with E-state index in [4.69, 9.17) is 16.9 Å². The Labute approximate surface area is 107 Å². The Kier molecular flexibility index (Phi) is 3.22. The lowest BCUT2D eigenvalue weighted by molar-refractivity contribution is -0.384. The molecule has 0 spiro atoms. The highest BCUT2D eigenvalue weighted by atomic mass is 35.5. The van der Waals surface area contributed by atoms with E-state index in [1.807, 2.05) is 6.07 Å². The number of nitro groups is 1. The number of pyridine rings is 1. The molecule has 18 heavy (non-hydrogen) atoms. The number of rotatable bonds is 2. The SMILES string of the molecule is N#Cc1c(-c2ccccc2[N+](=O)[O-])ccnc1Cl. The Morgan fingerprint density at radius 2 is 2.00 bits per heavy atom. The van der Waals surface area contributed by atoms with E-state index < -0.39 is 4.92 Å². The molecular weight excluding hydrogens is 254 g/mol. The predicted molar refractivity (Wildman–Crippen MR) is 66.1 cm³/mol. The summed E-state index contributed by atoms with van der Waals surface area (Å²) in [6, 6.07) is 9.63. The third-order valence-corrected chi connectivity index (χ3v) is 2.69. The molecule has 0 saturated heterocycles. The largest absolute Gasteiger partial charge is 0.277 e. The molecule has 0 radical (unpaired) electrons.